The topological polar surface area (TPSA) is 113 Å². The molecule has 1 aromatic heterocycles. The minimum absolute atomic E-state index is 0.415. The lowest BCUT2D eigenvalue weighted by Crippen LogP contribution is -2.38. The van der Waals surface area contributed by atoms with Crippen LogP contribution in [0.2, 0.25) is 0 Å². The number of nitrogens with zero attached hydrogens (tertiary/aromatic N) is 3. The zero-order chi connectivity index (χ0) is 16.3. The van der Waals surface area contributed by atoms with Crippen molar-refractivity contribution in [2.45, 2.75) is 32.2 Å². The average molecular weight is 340 g/mol. The third-order valence-electron chi connectivity index (χ3n) is 4.63. The van der Waals surface area contributed by atoms with Gasteiger partial charge in [0.05, 0.1) is 5.69 Å². The summed E-state index contributed by atoms with van der Waals surface area (Å²) in [7, 11) is -3.57. The molecule has 3 rings (SSSR count). The fraction of sp³-hybridized carbons (Fsp3) is 0.714. The molecule has 0 amide bonds. The smallest absolute Gasteiger partial charge is 0.274 e. The van der Waals surface area contributed by atoms with Crippen LogP contribution in [0, 0.1) is 5.92 Å². The van der Waals surface area contributed by atoms with Crippen LogP contribution >= 0.6 is 0 Å². The van der Waals surface area contributed by atoms with Crippen LogP contribution in [0.4, 0.5) is 5.82 Å². The van der Waals surface area contributed by atoms with Crippen molar-refractivity contribution in [2.75, 3.05) is 31.1 Å². The van der Waals surface area contributed by atoms with Gasteiger partial charge in [-0.3, -0.25) is 0 Å². The summed E-state index contributed by atoms with van der Waals surface area (Å²) < 4.78 is 24.1. The fourth-order valence-electron chi connectivity index (χ4n) is 3.38. The molecular formula is C14H24N6O2S. The molecule has 2 aliphatic rings. The Morgan fingerprint density at radius 2 is 2.13 bits per heavy atom. The number of rotatable bonds is 5. The van der Waals surface area contributed by atoms with Gasteiger partial charge in [0.1, 0.15) is 12.1 Å². The Bertz CT molecular complexity index is 643. The molecule has 2 aliphatic heterocycles. The zero-order valence-corrected chi connectivity index (χ0v) is 14.0. The Balaban J connectivity index is 1.55. The minimum Gasteiger partial charge on any atom is -0.356 e. The van der Waals surface area contributed by atoms with Gasteiger partial charge in [0.15, 0.2) is 0 Å². The molecule has 0 saturated carbocycles. The van der Waals surface area contributed by atoms with Gasteiger partial charge in [-0.15, -0.1) is 0 Å². The second-order valence-electron chi connectivity index (χ2n) is 6.21. The molecule has 8 nitrogen and oxygen atoms in total. The van der Waals surface area contributed by atoms with E-state index in [1.807, 2.05) is 0 Å². The van der Waals surface area contributed by atoms with Crippen LogP contribution in [0.3, 0.4) is 0 Å². The van der Waals surface area contributed by atoms with Gasteiger partial charge in [-0.1, -0.05) is 0 Å². The normalized spacial score (nSPS) is 19.6. The Kier molecular flexibility index (Phi) is 5.10. The van der Waals surface area contributed by atoms with Crippen LogP contribution < -0.4 is 20.1 Å². The van der Waals surface area contributed by atoms with E-state index in [1.54, 1.807) is 6.33 Å². The van der Waals surface area contributed by atoms with Crippen molar-refractivity contribution in [2.24, 2.45) is 11.1 Å². The summed E-state index contributed by atoms with van der Waals surface area (Å²) in [6, 6.07) is 0. The molecule has 0 spiro atoms. The third-order valence-corrected chi connectivity index (χ3v) is 5.23. The summed E-state index contributed by atoms with van der Waals surface area (Å²) in [5.41, 5.74) is 2.39. The number of aromatic nitrogens is 2. The van der Waals surface area contributed by atoms with Crippen molar-refractivity contribution in [3.8, 4) is 0 Å². The molecule has 3 heterocycles. The van der Waals surface area contributed by atoms with E-state index in [9.17, 15) is 8.42 Å². The first-order valence-corrected chi connectivity index (χ1v) is 9.63. The summed E-state index contributed by atoms with van der Waals surface area (Å²) >= 11 is 0. The van der Waals surface area contributed by atoms with E-state index in [0.717, 1.165) is 63.4 Å². The monoisotopic (exact) mass is 340 g/mol. The summed E-state index contributed by atoms with van der Waals surface area (Å²) in [4.78, 5) is 11.2. The second kappa shape index (κ2) is 7.08. The molecule has 0 radical (unpaired) electrons. The van der Waals surface area contributed by atoms with Crippen molar-refractivity contribution in [3.63, 3.8) is 0 Å². The molecular weight excluding hydrogens is 316 g/mol. The van der Waals surface area contributed by atoms with Gasteiger partial charge in [-0.05, 0) is 38.1 Å². The molecule has 0 atom stereocenters. The van der Waals surface area contributed by atoms with Gasteiger partial charge in [0, 0.05) is 31.7 Å². The van der Waals surface area contributed by atoms with Gasteiger partial charge in [0.2, 0.25) is 0 Å². The maximum absolute atomic E-state index is 10.9. The predicted molar refractivity (Wildman–Crippen MR) is 88.1 cm³/mol. The lowest BCUT2D eigenvalue weighted by molar-refractivity contribution is 0.380. The number of nitrogens with one attached hydrogen (secondary N) is 2. The van der Waals surface area contributed by atoms with E-state index in [0.29, 0.717) is 12.5 Å². The largest absolute Gasteiger partial charge is 0.356 e. The first kappa shape index (κ1) is 16.6. The van der Waals surface area contributed by atoms with Crippen LogP contribution in [0.1, 0.15) is 30.5 Å². The third kappa shape index (κ3) is 4.37. The Hall–Kier alpha value is -1.29. The first-order valence-electron chi connectivity index (χ1n) is 8.09. The standard InChI is InChI=1S/C14H24N6O2S/c15-23(21,22)19-6-1-11-3-7-20(8-4-11)14-12-2-5-16-9-13(12)17-10-18-14/h10-11,16,19H,1-9H2,(H2,15,21,22). The number of nitrogens with two attached hydrogens (primary N) is 1. The number of fused-ring (bicyclic) bond motifs is 1. The van der Waals surface area contributed by atoms with Gasteiger partial charge < -0.3 is 10.2 Å². The summed E-state index contributed by atoms with van der Waals surface area (Å²) in [5, 5.41) is 8.29. The van der Waals surface area contributed by atoms with Crippen LogP contribution in [0.25, 0.3) is 0 Å². The highest BCUT2D eigenvalue weighted by Crippen LogP contribution is 2.28. The molecule has 0 aromatic carbocycles. The lowest BCUT2D eigenvalue weighted by Gasteiger charge is -2.34. The molecule has 0 bridgehead atoms. The highest BCUT2D eigenvalue weighted by Gasteiger charge is 2.24. The Morgan fingerprint density at radius 3 is 2.87 bits per heavy atom. The summed E-state index contributed by atoms with van der Waals surface area (Å²) in [5.74, 6) is 1.61. The molecule has 9 heteroatoms. The van der Waals surface area contributed by atoms with E-state index in [-0.39, 0.29) is 0 Å². The quantitative estimate of drug-likeness (QED) is 0.667. The van der Waals surface area contributed by atoms with Crippen LogP contribution in [-0.2, 0) is 23.2 Å². The summed E-state index contributed by atoms with van der Waals surface area (Å²) in [6.45, 7) is 4.12. The van der Waals surface area contributed by atoms with Crippen molar-refractivity contribution < 1.29 is 8.42 Å². The number of anilines is 1. The minimum atomic E-state index is -3.57. The van der Waals surface area contributed by atoms with Crippen molar-refractivity contribution in [1.82, 2.24) is 20.0 Å². The van der Waals surface area contributed by atoms with Gasteiger partial charge in [-0.2, -0.15) is 8.42 Å². The van der Waals surface area contributed by atoms with Crippen molar-refractivity contribution >= 4 is 16.0 Å². The molecule has 128 valence electrons. The highest BCUT2D eigenvalue weighted by atomic mass is 32.2. The van der Waals surface area contributed by atoms with Gasteiger partial charge in [-0.25, -0.2) is 19.8 Å². The van der Waals surface area contributed by atoms with E-state index in [4.69, 9.17) is 5.14 Å². The van der Waals surface area contributed by atoms with E-state index in [1.165, 1.54) is 5.56 Å². The molecule has 1 saturated heterocycles. The first-order chi connectivity index (χ1) is 11.0. The molecule has 1 fully saturated rings. The molecule has 0 aliphatic carbocycles. The van der Waals surface area contributed by atoms with Crippen LogP contribution in [0.15, 0.2) is 6.33 Å². The average Bonchev–Trinajstić information content (AvgIpc) is 2.54. The van der Waals surface area contributed by atoms with E-state index < -0.39 is 10.2 Å². The number of hydrogen-bond donors (Lipinski definition) is 3. The zero-order valence-electron chi connectivity index (χ0n) is 13.2. The van der Waals surface area contributed by atoms with Crippen molar-refractivity contribution in [1.29, 1.82) is 0 Å². The Morgan fingerprint density at radius 1 is 1.35 bits per heavy atom. The van der Waals surface area contributed by atoms with E-state index >= 15 is 0 Å². The summed E-state index contributed by atoms with van der Waals surface area (Å²) in [6.07, 6.45) is 5.55. The number of piperidine rings is 1. The van der Waals surface area contributed by atoms with Gasteiger partial charge >= 0.3 is 0 Å². The van der Waals surface area contributed by atoms with Crippen molar-refractivity contribution in [3.05, 3.63) is 17.6 Å². The molecule has 4 N–H and O–H groups in total. The van der Waals surface area contributed by atoms with Gasteiger partial charge in [0.25, 0.3) is 10.2 Å². The predicted octanol–water partition coefficient (Wildman–Crippen LogP) is -0.478. The maximum atomic E-state index is 10.9. The second-order valence-corrected chi connectivity index (χ2v) is 7.59. The fourth-order valence-corrected chi connectivity index (χ4v) is 3.78. The van der Waals surface area contributed by atoms with E-state index in [2.05, 4.69) is 24.9 Å². The molecule has 23 heavy (non-hydrogen) atoms. The highest BCUT2D eigenvalue weighted by molar-refractivity contribution is 7.87. The lowest BCUT2D eigenvalue weighted by atomic mass is 9.93. The number of hydrogen-bond acceptors (Lipinski definition) is 6. The molecule has 0 unspecified atom stereocenters. The Labute approximate surface area is 137 Å². The van der Waals surface area contributed by atoms with Crippen LogP contribution in [0.5, 0.6) is 0 Å². The molecule has 1 aromatic rings. The maximum Gasteiger partial charge on any atom is 0.274 e. The van der Waals surface area contributed by atoms with Crippen LogP contribution in [-0.4, -0.2) is 44.6 Å². The SMILES string of the molecule is NS(=O)(=O)NCCC1CCN(c2ncnc3c2CCNC3)CC1.